The molecule has 0 aliphatic rings. The summed E-state index contributed by atoms with van der Waals surface area (Å²) in [6.45, 7) is 6.77. The van der Waals surface area contributed by atoms with Gasteiger partial charge < -0.3 is 18.5 Å². The molecule has 8 nitrogen and oxygen atoms in total. The lowest BCUT2D eigenvalue weighted by Gasteiger charge is -2.09. The van der Waals surface area contributed by atoms with Gasteiger partial charge in [-0.3, -0.25) is 0 Å². The highest BCUT2D eigenvalue weighted by molar-refractivity contribution is 5.98. The number of esters is 1. The average Bonchev–Trinajstić information content (AvgIpc) is 3.36. The van der Waals surface area contributed by atoms with Crippen molar-refractivity contribution in [1.29, 1.82) is 5.26 Å². The molecule has 2 aromatic heterocycles. The fraction of sp³-hybridized carbons (Fsp3) is 0.304. The van der Waals surface area contributed by atoms with Gasteiger partial charge in [0, 0.05) is 30.6 Å². The maximum atomic E-state index is 12.6. The van der Waals surface area contributed by atoms with Crippen molar-refractivity contribution in [1.82, 2.24) is 14.8 Å². The van der Waals surface area contributed by atoms with Gasteiger partial charge in [-0.2, -0.15) is 5.26 Å². The van der Waals surface area contributed by atoms with Gasteiger partial charge in [-0.1, -0.05) is 18.2 Å². The van der Waals surface area contributed by atoms with Crippen LogP contribution in [-0.4, -0.2) is 34.5 Å². The van der Waals surface area contributed by atoms with Crippen molar-refractivity contribution in [2.45, 2.75) is 33.4 Å². The van der Waals surface area contributed by atoms with E-state index >= 15 is 0 Å². The van der Waals surface area contributed by atoms with Gasteiger partial charge >= 0.3 is 5.97 Å². The van der Waals surface area contributed by atoms with Crippen LogP contribution in [0.3, 0.4) is 0 Å². The molecule has 160 valence electrons. The van der Waals surface area contributed by atoms with Gasteiger partial charge in [-0.15, -0.1) is 10.2 Å². The van der Waals surface area contributed by atoms with Crippen molar-refractivity contribution in [2.75, 3.05) is 13.7 Å². The van der Waals surface area contributed by atoms with E-state index in [2.05, 4.69) is 14.8 Å². The van der Waals surface area contributed by atoms with Crippen molar-refractivity contribution < 1.29 is 18.7 Å². The minimum Gasteiger partial charge on any atom is -0.448 e. The van der Waals surface area contributed by atoms with Crippen LogP contribution in [0, 0.1) is 25.2 Å². The molecule has 0 aliphatic heterocycles. The van der Waals surface area contributed by atoms with Crippen molar-refractivity contribution in [3.05, 3.63) is 64.8 Å². The molecule has 0 radical (unpaired) electrons. The summed E-state index contributed by atoms with van der Waals surface area (Å²) >= 11 is 0. The molecule has 31 heavy (non-hydrogen) atoms. The van der Waals surface area contributed by atoms with Crippen LogP contribution < -0.4 is 0 Å². The number of methoxy groups -OCH3 is 1. The number of aromatic nitrogens is 3. The van der Waals surface area contributed by atoms with Gasteiger partial charge in [0.15, 0.2) is 6.10 Å². The topological polar surface area (TPSA) is 103 Å². The predicted molar refractivity (Wildman–Crippen MR) is 114 cm³/mol. The van der Waals surface area contributed by atoms with Crippen LogP contribution in [0.5, 0.6) is 0 Å². The molecule has 0 saturated carbocycles. The zero-order valence-corrected chi connectivity index (χ0v) is 18.0. The van der Waals surface area contributed by atoms with Crippen molar-refractivity contribution in [2.24, 2.45) is 0 Å². The molecular weight excluding hydrogens is 396 g/mol. The van der Waals surface area contributed by atoms with E-state index < -0.39 is 12.1 Å². The summed E-state index contributed by atoms with van der Waals surface area (Å²) in [6.07, 6.45) is 0.729. The zero-order chi connectivity index (χ0) is 22.4. The number of hydrogen-bond donors (Lipinski definition) is 0. The number of nitrogens with zero attached hydrogens (tertiary/aromatic N) is 4. The average molecular weight is 420 g/mol. The molecule has 0 amide bonds. The number of carbonyl (C=O) groups is 1. The van der Waals surface area contributed by atoms with E-state index in [4.69, 9.17) is 13.9 Å². The van der Waals surface area contributed by atoms with Crippen molar-refractivity contribution in [3.63, 3.8) is 0 Å². The number of rotatable bonds is 8. The summed E-state index contributed by atoms with van der Waals surface area (Å²) in [5, 5.41) is 17.5. The molecule has 0 bridgehead atoms. The third-order valence-electron chi connectivity index (χ3n) is 4.86. The van der Waals surface area contributed by atoms with Gasteiger partial charge in [0.2, 0.25) is 5.89 Å². The highest BCUT2D eigenvalue weighted by Gasteiger charge is 2.22. The normalized spacial score (nSPS) is 12.4. The van der Waals surface area contributed by atoms with E-state index in [9.17, 15) is 10.1 Å². The first-order valence-corrected chi connectivity index (χ1v) is 9.81. The molecule has 8 heteroatoms. The third kappa shape index (κ3) is 5.08. The van der Waals surface area contributed by atoms with Crippen LogP contribution in [0.25, 0.3) is 17.5 Å². The second kappa shape index (κ2) is 9.87. The smallest absolute Gasteiger partial charge is 0.349 e. The Morgan fingerprint density at radius 2 is 2.03 bits per heavy atom. The second-order valence-corrected chi connectivity index (χ2v) is 7.00. The van der Waals surface area contributed by atoms with Crippen LogP contribution in [0.2, 0.25) is 0 Å². The Hall–Kier alpha value is -3.70. The Morgan fingerprint density at radius 3 is 2.71 bits per heavy atom. The SMILES string of the molecule is COCCn1c(C)cc(/C=C(\C#N)C(=O)O[C@H](C)c2nnc(-c3ccccc3)o2)c1C. The molecule has 1 atom stereocenters. The molecule has 0 spiro atoms. The molecule has 0 aliphatic carbocycles. The Kier molecular flexibility index (Phi) is 7.00. The summed E-state index contributed by atoms with van der Waals surface area (Å²) in [5.41, 5.74) is 3.38. The number of aryl methyl sites for hydroxylation is 1. The fourth-order valence-corrected chi connectivity index (χ4v) is 3.16. The second-order valence-electron chi connectivity index (χ2n) is 7.00. The molecule has 3 rings (SSSR count). The molecular formula is C23H24N4O4. The van der Waals surface area contributed by atoms with Gasteiger partial charge in [-0.05, 0) is 50.6 Å². The standard InChI is InChI=1S/C23H24N4O4/c1-15-12-19(16(2)27(15)10-11-29-4)13-20(14-24)23(28)30-17(3)21-25-26-22(31-21)18-8-6-5-7-9-18/h5-9,12-13,17H,10-11H2,1-4H3/b20-13+/t17-/m1/s1. The maximum absolute atomic E-state index is 12.6. The Bertz CT molecular complexity index is 1120. The lowest BCUT2D eigenvalue weighted by Crippen LogP contribution is -2.11. The summed E-state index contributed by atoms with van der Waals surface area (Å²) in [6, 6.07) is 13.1. The van der Waals surface area contributed by atoms with E-state index in [1.807, 2.05) is 56.3 Å². The molecule has 0 N–H and O–H groups in total. The highest BCUT2D eigenvalue weighted by atomic mass is 16.6. The van der Waals surface area contributed by atoms with E-state index in [1.165, 1.54) is 6.08 Å². The van der Waals surface area contributed by atoms with Crippen LogP contribution in [0.1, 0.15) is 35.9 Å². The number of ether oxygens (including phenoxy) is 2. The molecule has 0 saturated heterocycles. The Balaban J connectivity index is 1.74. The molecule has 1 aromatic carbocycles. The zero-order valence-electron chi connectivity index (χ0n) is 18.0. The van der Waals surface area contributed by atoms with E-state index in [0.717, 1.165) is 22.5 Å². The summed E-state index contributed by atoms with van der Waals surface area (Å²) in [7, 11) is 1.64. The number of benzene rings is 1. The van der Waals surface area contributed by atoms with Crippen molar-refractivity contribution >= 4 is 12.0 Å². The summed E-state index contributed by atoms with van der Waals surface area (Å²) in [5.74, 6) is -0.267. The Labute approximate surface area is 180 Å². The lowest BCUT2D eigenvalue weighted by molar-refractivity contribution is -0.144. The minimum atomic E-state index is -0.802. The van der Waals surface area contributed by atoms with Crippen LogP contribution >= 0.6 is 0 Å². The van der Waals surface area contributed by atoms with E-state index in [0.29, 0.717) is 19.0 Å². The van der Waals surface area contributed by atoms with E-state index in [1.54, 1.807) is 14.0 Å². The molecule has 0 unspecified atom stereocenters. The van der Waals surface area contributed by atoms with Gasteiger partial charge in [0.25, 0.3) is 5.89 Å². The van der Waals surface area contributed by atoms with Crippen LogP contribution in [0.4, 0.5) is 0 Å². The lowest BCUT2D eigenvalue weighted by atomic mass is 10.1. The minimum absolute atomic E-state index is 0.110. The summed E-state index contributed by atoms with van der Waals surface area (Å²) < 4.78 is 18.2. The number of nitriles is 1. The van der Waals surface area contributed by atoms with E-state index in [-0.39, 0.29) is 11.5 Å². The van der Waals surface area contributed by atoms with Gasteiger partial charge in [-0.25, -0.2) is 4.79 Å². The first-order chi connectivity index (χ1) is 14.9. The van der Waals surface area contributed by atoms with Gasteiger partial charge in [0.05, 0.1) is 6.61 Å². The monoisotopic (exact) mass is 420 g/mol. The van der Waals surface area contributed by atoms with Gasteiger partial charge in [0.1, 0.15) is 11.6 Å². The van der Waals surface area contributed by atoms with Crippen LogP contribution in [0.15, 0.2) is 46.4 Å². The highest BCUT2D eigenvalue weighted by Crippen LogP contribution is 2.24. The molecule has 3 aromatic rings. The third-order valence-corrected chi connectivity index (χ3v) is 4.86. The fourth-order valence-electron chi connectivity index (χ4n) is 3.16. The maximum Gasteiger partial charge on any atom is 0.349 e. The number of carbonyl (C=O) groups excluding carboxylic acids is 1. The van der Waals surface area contributed by atoms with Crippen LogP contribution in [-0.2, 0) is 20.8 Å². The predicted octanol–water partition coefficient (Wildman–Crippen LogP) is 4.01. The Morgan fingerprint density at radius 1 is 1.29 bits per heavy atom. The summed E-state index contributed by atoms with van der Waals surface area (Å²) in [4.78, 5) is 12.6. The number of hydrogen-bond acceptors (Lipinski definition) is 7. The quantitative estimate of drug-likeness (QED) is 0.308. The van der Waals surface area contributed by atoms with Crippen molar-refractivity contribution in [3.8, 4) is 17.5 Å². The molecule has 0 fully saturated rings. The first-order valence-electron chi connectivity index (χ1n) is 9.81. The first kappa shape index (κ1) is 22.0. The largest absolute Gasteiger partial charge is 0.448 e. The molecule has 2 heterocycles.